The van der Waals surface area contributed by atoms with Crippen molar-refractivity contribution < 1.29 is 4.92 Å². The van der Waals surface area contributed by atoms with Crippen LogP contribution in [0.15, 0.2) is 12.3 Å². The van der Waals surface area contributed by atoms with Crippen LogP contribution in [0.25, 0.3) is 0 Å². The van der Waals surface area contributed by atoms with Gasteiger partial charge in [-0.25, -0.2) is 4.98 Å². The number of pyridine rings is 1. The van der Waals surface area contributed by atoms with Gasteiger partial charge in [0.05, 0.1) is 4.92 Å². The summed E-state index contributed by atoms with van der Waals surface area (Å²) in [5.41, 5.74) is 0.757. The van der Waals surface area contributed by atoms with Crippen molar-refractivity contribution in [3.05, 3.63) is 27.9 Å². The first-order valence-corrected chi connectivity index (χ1v) is 6.76. The van der Waals surface area contributed by atoms with Gasteiger partial charge in [-0.05, 0) is 38.7 Å². The summed E-state index contributed by atoms with van der Waals surface area (Å²) in [5, 5.41) is 18.0. The average Bonchev–Trinajstić information content (AvgIpc) is 2.68. The van der Waals surface area contributed by atoms with Crippen LogP contribution in [0.1, 0.15) is 31.2 Å². The summed E-state index contributed by atoms with van der Waals surface area (Å²) < 4.78 is 0. The lowest BCUT2D eigenvalue weighted by Crippen LogP contribution is -2.43. The first-order chi connectivity index (χ1) is 9.13. The van der Waals surface area contributed by atoms with Gasteiger partial charge >= 0.3 is 5.69 Å². The minimum absolute atomic E-state index is 0.105. The van der Waals surface area contributed by atoms with Crippen LogP contribution in [-0.2, 0) is 0 Å². The number of nitrogens with one attached hydrogen (secondary N) is 2. The zero-order chi connectivity index (χ0) is 13.4. The number of hydrogen-bond acceptors (Lipinski definition) is 5. The Morgan fingerprint density at radius 1 is 1.42 bits per heavy atom. The van der Waals surface area contributed by atoms with Gasteiger partial charge in [0.25, 0.3) is 0 Å². The van der Waals surface area contributed by atoms with Crippen molar-refractivity contribution in [1.82, 2.24) is 10.3 Å². The molecule has 2 aliphatic rings. The largest absolute Gasteiger partial charge is 0.361 e. The highest BCUT2D eigenvalue weighted by atomic mass is 16.6. The maximum Gasteiger partial charge on any atom is 0.314 e. The number of hydrogen-bond donors (Lipinski definition) is 2. The second-order valence-electron chi connectivity index (χ2n) is 5.53. The molecular formula is C13H18N4O2. The topological polar surface area (TPSA) is 80.1 Å². The zero-order valence-electron chi connectivity index (χ0n) is 10.9. The van der Waals surface area contributed by atoms with E-state index in [1.807, 2.05) is 0 Å². The molecule has 1 aromatic heterocycles. The van der Waals surface area contributed by atoms with E-state index in [0.29, 0.717) is 23.5 Å². The summed E-state index contributed by atoms with van der Waals surface area (Å²) in [6, 6.07) is 3.07. The number of nitro groups is 1. The molecule has 3 heterocycles. The van der Waals surface area contributed by atoms with E-state index in [0.717, 1.165) is 12.8 Å². The van der Waals surface area contributed by atoms with Gasteiger partial charge in [-0.3, -0.25) is 10.1 Å². The Morgan fingerprint density at radius 3 is 2.74 bits per heavy atom. The summed E-state index contributed by atoms with van der Waals surface area (Å²) >= 11 is 0. The predicted molar refractivity (Wildman–Crippen MR) is 72.2 cm³/mol. The van der Waals surface area contributed by atoms with Gasteiger partial charge in [0.1, 0.15) is 0 Å². The summed E-state index contributed by atoms with van der Waals surface area (Å²) in [7, 11) is 0. The molecule has 102 valence electrons. The second-order valence-corrected chi connectivity index (χ2v) is 5.53. The fourth-order valence-corrected chi connectivity index (χ4v) is 3.25. The van der Waals surface area contributed by atoms with Gasteiger partial charge in [-0.15, -0.1) is 0 Å². The molecule has 0 radical (unpaired) electrons. The van der Waals surface area contributed by atoms with Crippen molar-refractivity contribution in [1.29, 1.82) is 0 Å². The Balaban J connectivity index is 1.80. The number of nitrogens with zero attached hydrogens (tertiary/aromatic N) is 2. The van der Waals surface area contributed by atoms with E-state index in [9.17, 15) is 10.1 Å². The molecule has 3 rings (SSSR count). The van der Waals surface area contributed by atoms with Crippen molar-refractivity contribution in [2.24, 2.45) is 0 Å². The SMILES string of the molecule is Cc1ccnc(NC2CC3CCC(C2)N3)c1[N+](=O)[O-]. The lowest BCUT2D eigenvalue weighted by molar-refractivity contribution is -0.384. The summed E-state index contributed by atoms with van der Waals surface area (Å²) in [5.74, 6) is 0.413. The maximum absolute atomic E-state index is 11.1. The van der Waals surface area contributed by atoms with Crippen LogP contribution >= 0.6 is 0 Å². The van der Waals surface area contributed by atoms with E-state index in [1.54, 1.807) is 19.2 Å². The van der Waals surface area contributed by atoms with Crippen LogP contribution in [-0.4, -0.2) is 28.0 Å². The normalized spacial score (nSPS) is 29.2. The Morgan fingerprint density at radius 2 is 2.11 bits per heavy atom. The van der Waals surface area contributed by atoms with Crippen LogP contribution in [0.3, 0.4) is 0 Å². The second kappa shape index (κ2) is 4.77. The molecule has 2 N–H and O–H groups in total. The lowest BCUT2D eigenvalue weighted by Gasteiger charge is -2.29. The van der Waals surface area contributed by atoms with Crippen LogP contribution < -0.4 is 10.6 Å². The molecule has 2 saturated heterocycles. The molecule has 2 bridgehead atoms. The molecule has 6 heteroatoms. The quantitative estimate of drug-likeness (QED) is 0.643. The zero-order valence-corrected chi connectivity index (χ0v) is 10.9. The number of aryl methyl sites for hydroxylation is 1. The molecule has 2 unspecified atom stereocenters. The standard InChI is InChI=1S/C13H18N4O2/c1-8-4-5-14-13(12(8)17(18)19)16-11-6-9-2-3-10(7-11)15-9/h4-5,9-11,15H,2-3,6-7H2,1H3,(H,14,16). The molecule has 2 atom stereocenters. The van der Waals surface area contributed by atoms with E-state index in [2.05, 4.69) is 15.6 Å². The van der Waals surface area contributed by atoms with Gasteiger partial charge in [-0.1, -0.05) is 0 Å². The first kappa shape index (κ1) is 12.3. The Kier molecular flexibility index (Phi) is 3.10. The van der Waals surface area contributed by atoms with E-state index in [-0.39, 0.29) is 16.7 Å². The highest BCUT2D eigenvalue weighted by molar-refractivity contribution is 5.60. The molecule has 2 fully saturated rings. The molecule has 0 saturated carbocycles. The Bertz CT molecular complexity index is 493. The number of anilines is 1. The van der Waals surface area contributed by atoms with Gasteiger partial charge in [0, 0.05) is 29.9 Å². The number of fused-ring (bicyclic) bond motifs is 2. The fraction of sp³-hybridized carbons (Fsp3) is 0.615. The smallest absolute Gasteiger partial charge is 0.314 e. The van der Waals surface area contributed by atoms with Crippen molar-refractivity contribution in [3.63, 3.8) is 0 Å². The molecule has 0 spiro atoms. The summed E-state index contributed by atoms with van der Waals surface area (Å²) in [6.07, 6.45) is 6.09. The third-order valence-corrected chi connectivity index (χ3v) is 4.12. The molecule has 6 nitrogen and oxygen atoms in total. The van der Waals surface area contributed by atoms with Gasteiger partial charge in [0.2, 0.25) is 5.82 Å². The van der Waals surface area contributed by atoms with Crippen molar-refractivity contribution in [2.75, 3.05) is 5.32 Å². The molecule has 1 aromatic rings. The third-order valence-electron chi connectivity index (χ3n) is 4.12. The van der Waals surface area contributed by atoms with Gasteiger partial charge in [-0.2, -0.15) is 0 Å². The molecule has 0 amide bonds. The highest BCUT2D eigenvalue weighted by Gasteiger charge is 2.34. The van der Waals surface area contributed by atoms with Crippen molar-refractivity contribution in [2.45, 2.75) is 50.7 Å². The van der Waals surface area contributed by atoms with Crippen LogP contribution in [0, 0.1) is 17.0 Å². The third kappa shape index (κ3) is 2.40. The van der Waals surface area contributed by atoms with Gasteiger partial charge in [0.15, 0.2) is 0 Å². The average molecular weight is 262 g/mol. The first-order valence-electron chi connectivity index (χ1n) is 6.76. The van der Waals surface area contributed by atoms with Gasteiger partial charge < -0.3 is 10.6 Å². The maximum atomic E-state index is 11.1. The Hall–Kier alpha value is -1.69. The predicted octanol–water partition coefficient (Wildman–Crippen LogP) is 1.99. The summed E-state index contributed by atoms with van der Waals surface area (Å²) in [4.78, 5) is 14.9. The Labute approximate surface area is 111 Å². The highest BCUT2D eigenvalue weighted by Crippen LogP contribution is 2.31. The lowest BCUT2D eigenvalue weighted by atomic mass is 10.00. The summed E-state index contributed by atoms with van der Waals surface area (Å²) in [6.45, 7) is 1.75. The number of aromatic nitrogens is 1. The number of piperidine rings is 1. The van der Waals surface area contributed by atoms with Crippen LogP contribution in [0.2, 0.25) is 0 Å². The van der Waals surface area contributed by atoms with E-state index in [1.165, 1.54) is 12.8 Å². The minimum Gasteiger partial charge on any atom is -0.361 e. The number of rotatable bonds is 3. The minimum atomic E-state index is -0.347. The van der Waals surface area contributed by atoms with Crippen LogP contribution in [0.5, 0.6) is 0 Å². The van der Waals surface area contributed by atoms with Crippen molar-refractivity contribution >= 4 is 11.5 Å². The van der Waals surface area contributed by atoms with Crippen LogP contribution in [0.4, 0.5) is 11.5 Å². The van der Waals surface area contributed by atoms with E-state index < -0.39 is 0 Å². The monoisotopic (exact) mass is 262 g/mol. The van der Waals surface area contributed by atoms with E-state index in [4.69, 9.17) is 0 Å². The van der Waals surface area contributed by atoms with E-state index >= 15 is 0 Å². The van der Waals surface area contributed by atoms with Crippen molar-refractivity contribution in [3.8, 4) is 0 Å². The molecule has 19 heavy (non-hydrogen) atoms. The molecule has 2 aliphatic heterocycles. The molecule has 0 aliphatic carbocycles. The molecule has 0 aromatic carbocycles. The fourth-order valence-electron chi connectivity index (χ4n) is 3.25. The molecular weight excluding hydrogens is 244 g/mol.